The number of nitrogen functional groups attached to an aromatic ring is 2. The molecule has 0 amide bonds. The molecule has 9 heteroatoms. The first-order valence-electron chi connectivity index (χ1n) is 8.11. The van der Waals surface area contributed by atoms with Gasteiger partial charge in [-0.25, -0.2) is 4.79 Å². The second-order valence-electron chi connectivity index (χ2n) is 6.28. The van der Waals surface area contributed by atoms with E-state index < -0.39 is 11.5 Å². The van der Waals surface area contributed by atoms with E-state index in [4.69, 9.17) is 32.2 Å². The summed E-state index contributed by atoms with van der Waals surface area (Å²) in [6.45, 7) is 1.54. The van der Waals surface area contributed by atoms with Crippen LogP contribution in [0.3, 0.4) is 0 Å². The third-order valence-corrected chi connectivity index (χ3v) is 4.77. The smallest absolute Gasteiger partial charge is 0.343 e. The SMILES string of the molecule is Cc1cc(O)c(C2c3cc(Cl)ccc3Oc3nc(N)c(C#N)c(N)c32)c(=O)o1. The van der Waals surface area contributed by atoms with E-state index in [0.717, 1.165) is 0 Å². The molecule has 3 heterocycles. The number of nitrogens with zero attached hydrogens (tertiary/aromatic N) is 2. The Bertz CT molecular complexity index is 1250. The lowest BCUT2D eigenvalue weighted by atomic mass is 9.82. The van der Waals surface area contributed by atoms with Crippen LogP contribution in [0.15, 0.2) is 33.5 Å². The normalized spacial score (nSPS) is 14.5. The van der Waals surface area contributed by atoms with Crippen LogP contribution in [0.25, 0.3) is 0 Å². The number of nitrogens with two attached hydrogens (primary N) is 2. The molecule has 2 aromatic heterocycles. The van der Waals surface area contributed by atoms with Crippen LogP contribution in [0.2, 0.25) is 5.02 Å². The number of rotatable bonds is 1. The predicted molar refractivity (Wildman–Crippen MR) is 102 cm³/mol. The summed E-state index contributed by atoms with van der Waals surface area (Å²) in [6.07, 6.45) is 0. The Balaban J connectivity index is 2.14. The van der Waals surface area contributed by atoms with Crippen LogP contribution in [0, 0.1) is 18.3 Å². The number of ether oxygens (including phenoxy) is 1. The van der Waals surface area contributed by atoms with Crippen molar-refractivity contribution in [1.29, 1.82) is 5.26 Å². The number of hydrogen-bond acceptors (Lipinski definition) is 8. The number of halogens is 1. The average Bonchev–Trinajstić information content (AvgIpc) is 2.61. The fourth-order valence-electron chi connectivity index (χ4n) is 3.36. The zero-order chi connectivity index (χ0) is 20.2. The zero-order valence-electron chi connectivity index (χ0n) is 14.5. The summed E-state index contributed by atoms with van der Waals surface area (Å²) < 4.78 is 11.0. The van der Waals surface area contributed by atoms with Gasteiger partial charge < -0.3 is 25.7 Å². The van der Waals surface area contributed by atoms with Crippen molar-refractivity contribution < 1.29 is 14.3 Å². The third-order valence-electron chi connectivity index (χ3n) is 4.54. The lowest BCUT2D eigenvalue weighted by molar-refractivity contribution is 0.408. The Kier molecular flexibility index (Phi) is 3.91. The van der Waals surface area contributed by atoms with Crippen LogP contribution >= 0.6 is 11.6 Å². The molecule has 5 N–H and O–H groups in total. The van der Waals surface area contributed by atoms with Gasteiger partial charge in [0, 0.05) is 16.7 Å². The van der Waals surface area contributed by atoms with Crippen molar-refractivity contribution in [2.75, 3.05) is 11.5 Å². The first-order chi connectivity index (χ1) is 13.3. The number of nitriles is 1. The van der Waals surface area contributed by atoms with Crippen LogP contribution in [0.1, 0.15) is 33.9 Å². The minimum Gasteiger partial charge on any atom is -0.507 e. The third kappa shape index (κ3) is 2.52. The number of benzene rings is 1. The molecule has 0 radical (unpaired) electrons. The maximum Gasteiger partial charge on any atom is 0.343 e. The van der Waals surface area contributed by atoms with Gasteiger partial charge in [0.25, 0.3) is 0 Å². The molecular weight excluding hydrogens is 384 g/mol. The highest BCUT2D eigenvalue weighted by atomic mass is 35.5. The summed E-state index contributed by atoms with van der Waals surface area (Å²) in [7, 11) is 0. The molecule has 1 aliphatic heterocycles. The van der Waals surface area contributed by atoms with Gasteiger partial charge in [0.1, 0.15) is 34.7 Å². The maximum absolute atomic E-state index is 12.6. The second kappa shape index (κ2) is 6.18. The molecule has 3 aromatic rings. The first-order valence-corrected chi connectivity index (χ1v) is 8.49. The van der Waals surface area contributed by atoms with E-state index in [1.807, 2.05) is 6.07 Å². The quantitative estimate of drug-likeness (QED) is 0.444. The van der Waals surface area contributed by atoms with E-state index in [2.05, 4.69) is 4.98 Å². The van der Waals surface area contributed by atoms with E-state index in [1.165, 1.54) is 13.0 Å². The number of aryl methyl sites for hydroxylation is 1. The van der Waals surface area contributed by atoms with Crippen molar-refractivity contribution in [2.45, 2.75) is 12.8 Å². The number of fused-ring (bicyclic) bond motifs is 2. The summed E-state index contributed by atoms with van der Waals surface area (Å²) >= 11 is 6.15. The molecule has 1 aliphatic rings. The number of pyridine rings is 1. The van der Waals surface area contributed by atoms with Gasteiger partial charge in [0.05, 0.1) is 22.7 Å². The average molecular weight is 397 g/mol. The summed E-state index contributed by atoms with van der Waals surface area (Å²) in [4.78, 5) is 16.8. The monoisotopic (exact) mass is 396 g/mol. The molecule has 0 bridgehead atoms. The van der Waals surface area contributed by atoms with E-state index in [-0.39, 0.29) is 45.6 Å². The highest BCUT2D eigenvalue weighted by Gasteiger charge is 2.37. The van der Waals surface area contributed by atoms with Crippen molar-refractivity contribution in [1.82, 2.24) is 4.98 Å². The lowest BCUT2D eigenvalue weighted by Gasteiger charge is -2.29. The molecule has 1 unspecified atom stereocenters. The van der Waals surface area contributed by atoms with Gasteiger partial charge in [0.15, 0.2) is 0 Å². The van der Waals surface area contributed by atoms with Crippen molar-refractivity contribution in [2.24, 2.45) is 0 Å². The van der Waals surface area contributed by atoms with Crippen LogP contribution in [-0.4, -0.2) is 10.1 Å². The highest BCUT2D eigenvalue weighted by molar-refractivity contribution is 6.30. The van der Waals surface area contributed by atoms with Crippen LogP contribution in [0.5, 0.6) is 17.4 Å². The predicted octanol–water partition coefficient (Wildman–Crippen LogP) is 3.02. The largest absolute Gasteiger partial charge is 0.507 e. The van der Waals surface area contributed by atoms with E-state index in [1.54, 1.807) is 18.2 Å². The van der Waals surface area contributed by atoms with E-state index >= 15 is 0 Å². The molecule has 0 saturated carbocycles. The molecule has 4 rings (SSSR count). The van der Waals surface area contributed by atoms with Gasteiger partial charge in [-0.2, -0.15) is 10.2 Å². The van der Waals surface area contributed by atoms with Crippen LogP contribution < -0.4 is 21.8 Å². The summed E-state index contributed by atoms with van der Waals surface area (Å²) in [5, 5.41) is 20.3. The fourth-order valence-corrected chi connectivity index (χ4v) is 3.54. The Labute approximate surface area is 163 Å². The molecule has 0 aliphatic carbocycles. The van der Waals surface area contributed by atoms with Crippen LogP contribution in [-0.2, 0) is 0 Å². The summed E-state index contributed by atoms with van der Waals surface area (Å²) in [5.41, 5.74) is 11.8. The minimum absolute atomic E-state index is 0.000000472. The van der Waals surface area contributed by atoms with Gasteiger partial charge in [-0.05, 0) is 25.1 Å². The molecule has 1 atom stereocenters. The maximum atomic E-state index is 12.6. The number of anilines is 2. The Morgan fingerprint density at radius 2 is 2.04 bits per heavy atom. The molecule has 140 valence electrons. The Morgan fingerprint density at radius 1 is 1.29 bits per heavy atom. The molecule has 0 fully saturated rings. The molecular formula is C19H13ClN4O4. The van der Waals surface area contributed by atoms with Gasteiger partial charge in [-0.3, -0.25) is 0 Å². The number of aromatic nitrogens is 1. The number of hydrogen-bond donors (Lipinski definition) is 3. The first kappa shape index (κ1) is 17.7. The lowest BCUT2D eigenvalue weighted by Crippen LogP contribution is -2.22. The highest BCUT2D eigenvalue weighted by Crippen LogP contribution is 2.51. The molecule has 28 heavy (non-hydrogen) atoms. The van der Waals surface area contributed by atoms with Crippen molar-refractivity contribution in [3.8, 4) is 23.4 Å². The number of aromatic hydroxyl groups is 1. The van der Waals surface area contributed by atoms with E-state index in [9.17, 15) is 15.2 Å². The molecule has 8 nitrogen and oxygen atoms in total. The van der Waals surface area contributed by atoms with Crippen molar-refractivity contribution >= 4 is 23.1 Å². The summed E-state index contributed by atoms with van der Waals surface area (Å²) in [5.74, 6) is -0.673. The zero-order valence-corrected chi connectivity index (χ0v) is 15.2. The fraction of sp³-hybridized carbons (Fsp3) is 0.105. The topological polar surface area (TPSA) is 148 Å². The molecule has 1 aromatic carbocycles. The van der Waals surface area contributed by atoms with E-state index in [0.29, 0.717) is 16.3 Å². The van der Waals surface area contributed by atoms with Crippen LogP contribution in [0.4, 0.5) is 11.5 Å². The Hall–Kier alpha value is -3.70. The van der Waals surface area contributed by atoms with Gasteiger partial charge >= 0.3 is 5.63 Å². The molecule has 0 spiro atoms. The van der Waals surface area contributed by atoms with Crippen molar-refractivity contribution in [3.63, 3.8) is 0 Å². The minimum atomic E-state index is -0.922. The Morgan fingerprint density at radius 3 is 2.71 bits per heavy atom. The molecule has 0 saturated heterocycles. The standard InChI is InChI=1S/C19H13ClN4O4/c1-7-4-11(25)14(19(26)27-7)13-9-5-8(20)2-3-12(9)28-18-15(13)16(22)10(6-21)17(23)24-18/h2-5,13,25H,1H3,(H4,22,23,24). The van der Waals surface area contributed by atoms with Gasteiger partial charge in [-0.15, -0.1) is 0 Å². The summed E-state index contributed by atoms with van der Waals surface area (Å²) in [6, 6.07) is 8.02. The van der Waals surface area contributed by atoms with Crippen molar-refractivity contribution in [3.05, 3.63) is 67.7 Å². The van der Waals surface area contributed by atoms with Gasteiger partial charge in [0.2, 0.25) is 5.88 Å². The second-order valence-corrected chi connectivity index (χ2v) is 6.71. The van der Waals surface area contributed by atoms with Gasteiger partial charge in [-0.1, -0.05) is 11.6 Å².